The van der Waals surface area contributed by atoms with E-state index in [1.807, 2.05) is 55.9 Å². The molecule has 0 fully saturated rings. The molecule has 3 rings (SSSR count). The molecule has 6 heteroatoms. The van der Waals surface area contributed by atoms with Crippen LogP contribution < -0.4 is 5.32 Å². The van der Waals surface area contributed by atoms with E-state index in [-0.39, 0.29) is 18.4 Å². The van der Waals surface area contributed by atoms with Crippen LogP contribution in [0.3, 0.4) is 0 Å². The monoisotopic (exact) mass is 388 g/mol. The summed E-state index contributed by atoms with van der Waals surface area (Å²) >= 11 is 0. The number of halogens is 3. The van der Waals surface area contributed by atoms with E-state index in [0.717, 1.165) is 28.6 Å². The summed E-state index contributed by atoms with van der Waals surface area (Å²) in [6.45, 7) is 3.71. The molecule has 3 nitrogen and oxygen atoms in total. The second kappa shape index (κ2) is 7.70. The van der Waals surface area contributed by atoms with Crippen LogP contribution in [0, 0.1) is 0 Å². The van der Waals surface area contributed by atoms with Gasteiger partial charge in [0.05, 0.1) is 5.56 Å². The van der Waals surface area contributed by atoms with E-state index in [4.69, 9.17) is 0 Å². The van der Waals surface area contributed by atoms with Gasteiger partial charge in [-0.3, -0.25) is 4.79 Å². The molecule has 1 aromatic heterocycles. The first-order valence-electron chi connectivity index (χ1n) is 9.17. The Kier molecular flexibility index (Phi) is 5.49. The fraction of sp³-hybridized carbons (Fsp3) is 0.318. The van der Waals surface area contributed by atoms with Gasteiger partial charge in [0.2, 0.25) is 5.91 Å². The number of alkyl halides is 3. The molecule has 148 valence electrons. The molecule has 28 heavy (non-hydrogen) atoms. The number of benzene rings is 2. The molecule has 0 unspecified atom stereocenters. The quantitative estimate of drug-likeness (QED) is 0.637. The summed E-state index contributed by atoms with van der Waals surface area (Å²) in [6, 6.07) is 12.9. The Morgan fingerprint density at radius 2 is 1.82 bits per heavy atom. The molecular formula is C22H23F3N2O. The van der Waals surface area contributed by atoms with Crippen molar-refractivity contribution in [3.05, 3.63) is 71.4 Å². The number of fused-ring (bicyclic) bond motifs is 1. The van der Waals surface area contributed by atoms with Crippen LogP contribution in [0.2, 0.25) is 0 Å². The van der Waals surface area contributed by atoms with Crippen molar-refractivity contribution in [1.82, 2.24) is 9.88 Å². The predicted octanol–water partition coefficient (Wildman–Crippen LogP) is 5.24. The average Bonchev–Trinajstić information content (AvgIpc) is 2.95. The van der Waals surface area contributed by atoms with Gasteiger partial charge in [-0.1, -0.05) is 36.4 Å². The third-order valence-electron chi connectivity index (χ3n) is 4.76. The Hall–Kier alpha value is -2.76. The van der Waals surface area contributed by atoms with Gasteiger partial charge in [-0.05, 0) is 37.1 Å². The van der Waals surface area contributed by atoms with E-state index < -0.39 is 17.7 Å². The van der Waals surface area contributed by atoms with Gasteiger partial charge in [0.1, 0.15) is 0 Å². The maximum atomic E-state index is 13.2. The highest BCUT2D eigenvalue weighted by Crippen LogP contribution is 2.37. The Balaban J connectivity index is 2.11. The highest BCUT2D eigenvalue weighted by atomic mass is 19.4. The number of rotatable bonds is 5. The van der Waals surface area contributed by atoms with Crippen molar-refractivity contribution in [2.45, 2.75) is 38.4 Å². The zero-order chi connectivity index (χ0) is 20.5. The number of aryl methyl sites for hydroxylation is 1. The van der Waals surface area contributed by atoms with Crippen molar-refractivity contribution in [2.75, 3.05) is 0 Å². The van der Waals surface area contributed by atoms with E-state index in [1.54, 1.807) is 6.07 Å². The summed E-state index contributed by atoms with van der Waals surface area (Å²) in [5, 5.41) is 3.78. The van der Waals surface area contributed by atoms with Gasteiger partial charge in [-0.25, -0.2) is 0 Å². The molecule has 0 aliphatic carbocycles. The Morgan fingerprint density at radius 3 is 2.50 bits per heavy atom. The first-order chi connectivity index (χ1) is 13.2. The van der Waals surface area contributed by atoms with Crippen LogP contribution in [0.5, 0.6) is 0 Å². The van der Waals surface area contributed by atoms with Crippen LogP contribution in [0.25, 0.3) is 10.9 Å². The lowest BCUT2D eigenvalue weighted by Crippen LogP contribution is -2.31. The summed E-state index contributed by atoms with van der Waals surface area (Å²) < 4.78 is 41.7. The van der Waals surface area contributed by atoms with Crippen molar-refractivity contribution >= 4 is 16.8 Å². The lowest BCUT2D eigenvalue weighted by molar-refractivity contribution is -0.137. The second-order valence-corrected chi connectivity index (χ2v) is 7.31. The van der Waals surface area contributed by atoms with Crippen LogP contribution in [0.4, 0.5) is 13.2 Å². The molecule has 1 N–H and O–H groups in total. The molecule has 1 atom stereocenters. The number of nitrogens with zero attached hydrogens (tertiary/aromatic N) is 1. The smallest absolute Gasteiger partial charge is 0.354 e. The molecule has 0 aliphatic rings. The lowest BCUT2D eigenvalue weighted by atomic mass is 9.87. The fourth-order valence-corrected chi connectivity index (χ4v) is 3.56. The Labute approximate surface area is 162 Å². The maximum Gasteiger partial charge on any atom is 0.416 e. The van der Waals surface area contributed by atoms with Crippen LogP contribution >= 0.6 is 0 Å². The summed E-state index contributed by atoms with van der Waals surface area (Å²) in [5.74, 6) is -0.669. The van der Waals surface area contributed by atoms with Crippen molar-refractivity contribution in [1.29, 1.82) is 0 Å². The molecule has 0 radical (unpaired) electrons. The summed E-state index contributed by atoms with van der Waals surface area (Å²) in [6.07, 6.45) is -2.45. The minimum absolute atomic E-state index is 0.0397. The molecule has 0 saturated heterocycles. The number of hydrogen-bond donors (Lipinski definition) is 1. The van der Waals surface area contributed by atoms with Gasteiger partial charge >= 0.3 is 6.18 Å². The van der Waals surface area contributed by atoms with Gasteiger partial charge in [0.25, 0.3) is 0 Å². The Bertz CT molecular complexity index is 989. The zero-order valence-corrected chi connectivity index (χ0v) is 16.0. The lowest BCUT2D eigenvalue weighted by Gasteiger charge is -2.19. The van der Waals surface area contributed by atoms with Crippen molar-refractivity contribution < 1.29 is 18.0 Å². The fourth-order valence-electron chi connectivity index (χ4n) is 3.56. The van der Waals surface area contributed by atoms with E-state index in [0.29, 0.717) is 5.56 Å². The minimum Gasteiger partial charge on any atom is -0.354 e. The molecule has 2 aromatic carbocycles. The second-order valence-electron chi connectivity index (χ2n) is 7.31. The number of carbonyl (C=O) groups excluding carboxylic acids is 1. The number of amides is 1. The van der Waals surface area contributed by atoms with Crippen LogP contribution in [0.1, 0.15) is 42.9 Å². The normalized spacial score (nSPS) is 13.1. The molecule has 0 aliphatic heterocycles. The van der Waals surface area contributed by atoms with E-state index in [2.05, 4.69) is 5.32 Å². The largest absolute Gasteiger partial charge is 0.416 e. The number of aromatic nitrogens is 1. The molecule has 3 aromatic rings. The zero-order valence-electron chi connectivity index (χ0n) is 16.0. The topological polar surface area (TPSA) is 34.0 Å². The van der Waals surface area contributed by atoms with Gasteiger partial charge < -0.3 is 9.88 Å². The van der Waals surface area contributed by atoms with Gasteiger partial charge in [-0.2, -0.15) is 13.2 Å². The van der Waals surface area contributed by atoms with Crippen LogP contribution in [-0.4, -0.2) is 16.5 Å². The molecule has 0 bridgehead atoms. The first kappa shape index (κ1) is 20.0. The number of carbonyl (C=O) groups is 1. The molecule has 0 saturated carbocycles. The van der Waals surface area contributed by atoms with E-state index in [1.165, 1.54) is 6.07 Å². The summed E-state index contributed by atoms with van der Waals surface area (Å²) in [5.41, 5.74) is 1.58. The average molecular weight is 388 g/mol. The highest BCUT2D eigenvalue weighted by molar-refractivity contribution is 5.86. The van der Waals surface area contributed by atoms with Crippen LogP contribution in [0.15, 0.2) is 54.7 Å². The minimum atomic E-state index is -4.43. The molecular weight excluding hydrogens is 365 g/mol. The predicted molar refractivity (Wildman–Crippen MR) is 104 cm³/mol. The number of hydrogen-bond acceptors (Lipinski definition) is 1. The first-order valence-corrected chi connectivity index (χ1v) is 9.17. The maximum absolute atomic E-state index is 13.2. The molecule has 1 amide bonds. The van der Waals surface area contributed by atoms with Gasteiger partial charge in [-0.15, -0.1) is 0 Å². The van der Waals surface area contributed by atoms with E-state index in [9.17, 15) is 18.0 Å². The van der Waals surface area contributed by atoms with Crippen molar-refractivity contribution in [3.63, 3.8) is 0 Å². The summed E-state index contributed by atoms with van der Waals surface area (Å²) in [4.78, 5) is 12.5. The van der Waals surface area contributed by atoms with Gasteiger partial charge in [0.15, 0.2) is 0 Å². The number of para-hydroxylation sites is 1. The third kappa shape index (κ3) is 4.21. The van der Waals surface area contributed by atoms with Crippen LogP contribution in [-0.2, 0) is 18.0 Å². The van der Waals surface area contributed by atoms with E-state index >= 15 is 0 Å². The van der Waals surface area contributed by atoms with Gasteiger partial charge in [0, 0.05) is 42.5 Å². The molecule has 1 heterocycles. The third-order valence-corrected chi connectivity index (χ3v) is 4.76. The molecule has 0 spiro atoms. The SMILES string of the molecule is CC(C)NC(=O)C[C@H](c1cccc(C(F)(F)F)c1)c1cn(C)c2ccccc12. The van der Waals surface area contributed by atoms with Crippen molar-refractivity contribution in [2.24, 2.45) is 7.05 Å². The van der Waals surface area contributed by atoms with Crippen molar-refractivity contribution in [3.8, 4) is 0 Å². The number of nitrogens with one attached hydrogen (secondary N) is 1. The standard InChI is InChI=1S/C22H23F3N2O/c1-14(2)26-21(28)12-18(15-7-6-8-16(11-15)22(23,24)25)19-13-27(3)20-10-5-4-9-17(19)20/h4-11,13-14,18H,12H2,1-3H3,(H,26,28)/t18-/m1/s1. The Morgan fingerprint density at radius 1 is 1.11 bits per heavy atom. The highest BCUT2D eigenvalue weighted by Gasteiger charge is 2.32. The summed E-state index contributed by atoms with van der Waals surface area (Å²) in [7, 11) is 1.89.